The Hall–Kier alpha value is -0.450. The van der Waals surface area contributed by atoms with Crippen molar-refractivity contribution in [3.8, 4) is 0 Å². The molecule has 2 rings (SSSR count). The predicted octanol–water partition coefficient (Wildman–Crippen LogP) is 1.43. The minimum atomic E-state index is 0.0475. The van der Waals surface area contributed by atoms with Gasteiger partial charge < -0.3 is 0 Å². The van der Waals surface area contributed by atoms with Gasteiger partial charge >= 0.3 is 0 Å². The summed E-state index contributed by atoms with van der Waals surface area (Å²) in [5.41, 5.74) is 0. The summed E-state index contributed by atoms with van der Waals surface area (Å²) in [5.74, 6) is 1.10. The van der Waals surface area contributed by atoms with Gasteiger partial charge in [-0.1, -0.05) is 6.08 Å². The van der Waals surface area contributed by atoms with Crippen LogP contribution in [0, 0.1) is 0 Å². The lowest BCUT2D eigenvalue weighted by Gasteiger charge is -2.10. The van der Waals surface area contributed by atoms with Crippen LogP contribution in [-0.4, -0.2) is 13.1 Å². The molecular formula is C6H5IN2. The lowest BCUT2D eigenvalue weighted by Crippen LogP contribution is -2.11. The van der Waals surface area contributed by atoms with Crippen LogP contribution >= 0.6 is 21.0 Å². The number of amidine groups is 1. The Labute approximate surface area is 63.7 Å². The lowest BCUT2D eigenvalue weighted by molar-refractivity contribution is 0.998. The largest absolute Gasteiger partial charge is 0.278 e. The molecule has 2 heterocycles. The van der Waals surface area contributed by atoms with Crippen molar-refractivity contribution in [2.75, 3.05) is 0 Å². The van der Waals surface area contributed by atoms with Crippen LogP contribution in [0.25, 0.3) is 0 Å². The summed E-state index contributed by atoms with van der Waals surface area (Å²) in [5, 5.41) is 0. The van der Waals surface area contributed by atoms with Crippen LogP contribution in [0.2, 0.25) is 0 Å². The minimum Gasteiger partial charge on any atom is -0.278 e. The van der Waals surface area contributed by atoms with E-state index in [-0.39, 0.29) is 21.0 Å². The maximum atomic E-state index is 4.19. The fourth-order valence-electron chi connectivity index (χ4n) is 0.714. The standard InChI is InChI=1S/C6H5IN2/c1-2-4-9-6(3-1)8-5-7-9/h1-5H. The van der Waals surface area contributed by atoms with Crippen molar-refractivity contribution in [3.63, 3.8) is 0 Å². The molecular weight excluding hydrogens is 227 g/mol. The monoisotopic (exact) mass is 232 g/mol. The molecule has 46 valence electrons. The highest BCUT2D eigenvalue weighted by Gasteiger charge is 2.07. The van der Waals surface area contributed by atoms with Crippen LogP contribution in [-0.2, 0) is 0 Å². The van der Waals surface area contributed by atoms with E-state index in [1.54, 1.807) is 0 Å². The average Bonchev–Trinajstić information content (AvgIpc) is 2.33. The smallest absolute Gasteiger partial charge is 0.141 e. The molecule has 0 bridgehead atoms. The zero-order chi connectivity index (χ0) is 6.10. The number of fused-ring (bicyclic) bond motifs is 1. The van der Waals surface area contributed by atoms with Gasteiger partial charge in [-0.25, -0.2) is 4.99 Å². The highest BCUT2D eigenvalue weighted by atomic mass is 127. The van der Waals surface area contributed by atoms with Crippen LogP contribution in [0.1, 0.15) is 0 Å². The van der Waals surface area contributed by atoms with Crippen LogP contribution in [0.4, 0.5) is 0 Å². The Morgan fingerprint density at radius 2 is 2.44 bits per heavy atom. The van der Waals surface area contributed by atoms with E-state index in [0.29, 0.717) is 0 Å². The summed E-state index contributed by atoms with van der Waals surface area (Å²) in [6.45, 7) is 0. The Morgan fingerprint density at radius 3 is 3.33 bits per heavy atom. The van der Waals surface area contributed by atoms with Crippen molar-refractivity contribution < 1.29 is 0 Å². The lowest BCUT2D eigenvalue weighted by atomic mass is 10.4. The van der Waals surface area contributed by atoms with Gasteiger partial charge in [-0.3, -0.25) is 3.11 Å². The Bertz CT molecular complexity index is 237. The van der Waals surface area contributed by atoms with E-state index >= 15 is 0 Å². The fourth-order valence-corrected chi connectivity index (χ4v) is 2.33. The molecule has 3 heteroatoms. The maximum Gasteiger partial charge on any atom is 0.141 e. The topological polar surface area (TPSA) is 15.6 Å². The minimum absolute atomic E-state index is 0.0475. The molecule has 0 saturated heterocycles. The van der Waals surface area contributed by atoms with Crippen molar-refractivity contribution in [2.24, 2.45) is 4.99 Å². The van der Waals surface area contributed by atoms with Gasteiger partial charge in [-0.2, -0.15) is 0 Å². The molecule has 0 spiro atoms. The first-order chi connectivity index (χ1) is 4.47. The average molecular weight is 232 g/mol. The molecule has 0 atom stereocenters. The molecule has 0 radical (unpaired) electrons. The van der Waals surface area contributed by atoms with Gasteiger partial charge in [-0.15, -0.1) is 0 Å². The number of rotatable bonds is 0. The third kappa shape index (κ3) is 0.849. The third-order valence-electron chi connectivity index (χ3n) is 1.12. The molecule has 2 aliphatic heterocycles. The van der Waals surface area contributed by atoms with Crippen molar-refractivity contribution >= 4 is 31.0 Å². The molecule has 2 nitrogen and oxygen atoms in total. The van der Waals surface area contributed by atoms with Gasteiger partial charge in [-0.05, 0) is 12.2 Å². The predicted molar refractivity (Wildman–Crippen MR) is 47.6 cm³/mol. The molecule has 0 aromatic carbocycles. The molecule has 0 aromatic heterocycles. The van der Waals surface area contributed by atoms with Gasteiger partial charge in [0.2, 0.25) is 0 Å². The van der Waals surface area contributed by atoms with E-state index in [9.17, 15) is 0 Å². The summed E-state index contributed by atoms with van der Waals surface area (Å²) >= 11 is 0.0475. The summed E-state index contributed by atoms with van der Waals surface area (Å²) in [7, 11) is 0. The zero-order valence-electron chi connectivity index (χ0n) is 4.66. The molecule has 2 aliphatic rings. The number of hydrogen-bond acceptors (Lipinski definition) is 2. The Kier molecular flexibility index (Phi) is 1.22. The van der Waals surface area contributed by atoms with Gasteiger partial charge in [0.1, 0.15) is 5.84 Å². The van der Waals surface area contributed by atoms with E-state index in [4.69, 9.17) is 0 Å². The van der Waals surface area contributed by atoms with Crippen molar-refractivity contribution in [1.29, 1.82) is 0 Å². The molecule has 9 heavy (non-hydrogen) atoms. The number of allylic oxidation sites excluding steroid dienone is 2. The first kappa shape index (κ1) is 5.34. The van der Waals surface area contributed by atoms with Crippen LogP contribution in [0.3, 0.4) is 0 Å². The molecule has 0 unspecified atom stereocenters. The second-order valence-electron chi connectivity index (χ2n) is 1.69. The molecule has 0 N–H and O–H groups in total. The van der Waals surface area contributed by atoms with Crippen molar-refractivity contribution in [2.45, 2.75) is 0 Å². The van der Waals surface area contributed by atoms with Crippen molar-refractivity contribution in [3.05, 3.63) is 24.4 Å². The second kappa shape index (κ2) is 2.06. The maximum absolute atomic E-state index is 4.19. The fraction of sp³-hybridized carbons (Fsp3) is 0. The Balaban J connectivity index is 2.40. The van der Waals surface area contributed by atoms with E-state index < -0.39 is 0 Å². The summed E-state index contributed by atoms with van der Waals surface area (Å²) < 4.78 is 4.23. The first-order valence-corrected chi connectivity index (χ1v) is 4.85. The van der Waals surface area contributed by atoms with Crippen LogP contribution in [0.5, 0.6) is 0 Å². The summed E-state index contributed by atoms with van der Waals surface area (Å²) in [6, 6.07) is 0. The van der Waals surface area contributed by atoms with Gasteiger partial charge in [0.25, 0.3) is 0 Å². The highest BCUT2D eigenvalue weighted by Crippen LogP contribution is 2.18. The second-order valence-corrected chi connectivity index (χ2v) is 3.85. The Morgan fingerprint density at radius 1 is 1.44 bits per heavy atom. The van der Waals surface area contributed by atoms with E-state index in [2.05, 4.69) is 14.3 Å². The van der Waals surface area contributed by atoms with Crippen LogP contribution < -0.4 is 0 Å². The number of aliphatic imine (C=N–C) groups is 1. The number of halogens is 1. The van der Waals surface area contributed by atoms with E-state index in [1.807, 2.05) is 22.4 Å². The SMILES string of the molecule is C1=CC2=NC=IN2C=C1. The quantitative estimate of drug-likeness (QED) is 0.455. The number of hydrogen-bond donors (Lipinski definition) is 0. The first-order valence-electron chi connectivity index (χ1n) is 2.64. The zero-order valence-corrected chi connectivity index (χ0v) is 6.82. The van der Waals surface area contributed by atoms with Gasteiger partial charge in [0.15, 0.2) is 0 Å². The molecule has 0 saturated carbocycles. The number of nitrogens with zero attached hydrogens (tertiary/aromatic N) is 2. The van der Waals surface area contributed by atoms with Crippen LogP contribution in [0.15, 0.2) is 29.4 Å². The molecule has 0 aromatic rings. The van der Waals surface area contributed by atoms with E-state index in [1.165, 1.54) is 0 Å². The van der Waals surface area contributed by atoms with E-state index in [0.717, 1.165) is 5.84 Å². The van der Waals surface area contributed by atoms with Crippen molar-refractivity contribution in [1.82, 2.24) is 3.11 Å². The summed E-state index contributed by atoms with van der Waals surface area (Å²) in [4.78, 5) is 4.19. The van der Waals surface area contributed by atoms with Gasteiger partial charge in [0, 0.05) is 27.2 Å². The molecule has 0 amide bonds. The third-order valence-corrected chi connectivity index (χ3v) is 3.07. The summed E-state index contributed by atoms with van der Waals surface area (Å²) in [6.07, 6.45) is 8.16. The molecule has 0 aliphatic carbocycles. The molecule has 0 fully saturated rings. The highest BCUT2D eigenvalue weighted by molar-refractivity contribution is 14.2. The van der Waals surface area contributed by atoms with Gasteiger partial charge in [0.05, 0.1) is 4.14 Å². The normalized spacial score (nSPS) is 21.3.